The average molecular weight is 854 g/mol. The second-order valence-corrected chi connectivity index (χ2v) is 15.6. The number of benzene rings is 2. The monoisotopic (exact) mass is 853 g/mol. The number of rotatable bonds is 20. The van der Waals surface area contributed by atoms with Crippen LogP contribution in [0.5, 0.6) is 11.5 Å². The third-order valence-corrected chi connectivity index (χ3v) is 10.7. The molecular formula is C41H55N7O13. The summed E-state index contributed by atoms with van der Waals surface area (Å²) in [4.78, 5) is 107. The lowest BCUT2D eigenvalue weighted by Gasteiger charge is -2.31. The summed E-state index contributed by atoms with van der Waals surface area (Å²) in [6.45, 7) is 2.57. The van der Waals surface area contributed by atoms with Crippen molar-refractivity contribution in [2.24, 2.45) is 11.7 Å². The minimum absolute atomic E-state index is 0.0301. The Kier molecular flexibility index (Phi) is 17.0. The molecule has 0 unspecified atom stereocenters. The first-order valence-electron chi connectivity index (χ1n) is 20.1. The van der Waals surface area contributed by atoms with Crippen molar-refractivity contribution in [2.75, 3.05) is 19.7 Å². The molecule has 0 radical (unpaired) electrons. The zero-order chi connectivity index (χ0) is 45.0. The van der Waals surface area contributed by atoms with Gasteiger partial charge in [0.05, 0.1) is 12.6 Å². The van der Waals surface area contributed by atoms with E-state index in [-0.39, 0.29) is 50.3 Å². The molecule has 2 aromatic rings. The number of aromatic hydroxyl groups is 2. The van der Waals surface area contributed by atoms with E-state index in [1.807, 2.05) is 0 Å². The van der Waals surface area contributed by atoms with E-state index in [9.17, 15) is 63.9 Å². The number of carbonyl (C=O) groups is 8. The molecule has 0 saturated carbocycles. The molecule has 7 atom stereocenters. The van der Waals surface area contributed by atoms with Crippen LogP contribution in [0.1, 0.15) is 63.5 Å². The Morgan fingerprint density at radius 3 is 1.66 bits per heavy atom. The second-order valence-electron chi connectivity index (χ2n) is 15.6. The minimum Gasteiger partial charge on any atom is -0.508 e. The highest BCUT2D eigenvalue weighted by Gasteiger charge is 2.41. The number of nitrogens with two attached hydrogens (primary N) is 1. The molecule has 11 N–H and O–H groups in total. The summed E-state index contributed by atoms with van der Waals surface area (Å²) >= 11 is 0. The van der Waals surface area contributed by atoms with Crippen molar-refractivity contribution in [2.45, 2.75) is 108 Å². The van der Waals surface area contributed by atoms with Crippen LogP contribution in [0.3, 0.4) is 0 Å². The predicted octanol–water partition coefficient (Wildman–Crippen LogP) is -1.27. The highest BCUT2D eigenvalue weighted by atomic mass is 16.4. The third-order valence-electron chi connectivity index (χ3n) is 10.7. The van der Waals surface area contributed by atoms with Gasteiger partial charge in [-0.05, 0) is 79.8 Å². The van der Waals surface area contributed by atoms with E-state index in [1.165, 1.54) is 41.3 Å². The fraction of sp³-hybridized carbons (Fsp3) is 0.512. The first-order valence-corrected chi connectivity index (χ1v) is 20.1. The van der Waals surface area contributed by atoms with E-state index in [2.05, 4.69) is 21.3 Å². The number of amides is 6. The summed E-state index contributed by atoms with van der Waals surface area (Å²) < 4.78 is 0. The van der Waals surface area contributed by atoms with Crippen LogP contribution in [0.25, 0.3) is 0 Å². The molecule has 2 aliphatic rings. The Morgan fingerprint density at radius 1 is 0.672 bits per heavy atom. The number of phenols is 2. The minimum atomic E-state index is -1.65. The number of aliphatic hydroxyl groups excluding tert-OH is 1. The van der Waals surface area contributed by atoms with Crippen LogP contribution in [0.2, 0.25) is 0 Å². The topological polar surface area (TPSA) is 318 Å². The quantitative estimate of drug-likeness (QED) is 0.0743. The van der Waals surface area contributed by atoms with Gasteiger partial charge in [-0.2, -0.15) is 0 Å². The van der Waals surface area contributed by atoms with Crippen LogP contribution in [-0.2, 0) is 51.2 Å². The lowest BCUT2D eigenvalue weighted by Crippen LogP contribution is -2.61. The smallest absolute Gasteiger partial charge is 0.326 e. The molecule has 0 bridgehead atoms. The van der Waals surface area contributed by atoms with E-state index in [4.69, 9.17) is 5.73 Å². The molecule has 2 saturated heterocycles. The van der Waals surface area contributed by atoms with Gasteiger partial charge >= 0.3 is 11.9 Å². The van der Waals surface area contributed by atoms with Gasteiger partial charge in [-0.15, -0.1) is 0 Å². The van der Waals surface area contributed by atoms with Crippen molar-refractivity contribution in [1.82, 2.24) is 31.1 Å². The number of aliphatic carboxylic acids is 2. The van der Waals surface area contributed by atoms with E-state index in [0.717, 1.165) is 4.90 Å². The summed E-state index contributed by atoms with van der Waals surface area (Å²) in [5.41, 5.74) is 7.43. The summed E-state index contributed by atoms with van der Waals surface area (Å²) in [6.07, 6.45) is 0.236. The van der Waals surface area contributed by atoms with Gasteiger partial charge in [0, 0.05) is 25.9 Å². The molecule has 0 aliphatic carbocycles. The van der Waals surface area contributed by atoms with E-state index in [0.29, 0.717) is 24.0 Å². The van der Waals surface area contributed by atoms with Gasteiger partial charge in [-0.3, -0.25) is 33.6 Å². The number of nitrogens with zero attached hydrogens (tertiary/aromatic N) is 2. The molecule has 2 aromatic carbocycles. The summed E-state index contributed by atoms with van der Waals surface area (Å²) in [7, 11) is 0. The van der Waals surface area contributed by atoms with Crippen molar-refractivity contribution < 1.29 is 63.9 Å². The number of carboxylic acid groups (broad SMARTS) is 2. The summed E-state index contributed by atoms with van der Waals surface area (Å²) in [5, 5.41) is 58.4. The van der Waals surface area contributed by atoms with E-state index < -0.39 is 115 Å². The average Bonchev–Trinajstić information content (AvgIpc) is 3.92. The van der Waals surface area contributed by atoms with Crippen molar-refractivity contribution in [3.8, 4) is 11.5 Å². The maximum atomic E-state index is 13.7. The van der Waals surface area contributed by atoms with Crippen LogP contribution in [0.4, 0.5) is 0 Å². The maximum absolute atomic E-state index is 13.7. The SMILES string of the molecule is CC(C)[C@H](NC(=O)[C@@H]1CCCN1C(=O)[C@@H](N)Cc1ccc(O)cc1)C(=O)N[C@@H](CCC(=O)O)C(=O)N[C@@H](CO)C(=O)N1CCC[C@H]1C(=O)N[C@@H](Cc1ccc(O)cc1)C(=O)O. The normalized spacial score (nSPS) is 18.6. The van der Waals surface area contributed by atoms with Crippen molar-refractivity contribution >= 4 is 47.4 Å². The standard InChI is InChI=1S/C41H55N7O13/c1-22(2)34(46-37(56)32-6-3-17-47(32)39(58)27(42)19-23-7-11-25(50)12-8-23)38(57)43-28(15-16-33(52)53)35(54)45-30(21-49)40(59)48-18-4-5-31(48)36(55)44-29(41(60)61)20-24-9-13-26(51)14-10-24/h7-14,22,27-32,34,49-51H,3-6,15-21,42H2,1-2H3,(H,43,57)(H,44,55)(H,45,54)(H,46,56)(H,52,53)(H,60,61)/t27-,28-,29-,30-,31-,32-,34-/m0/s1. The van der Waals surface area contributed by atoms with Gasteiger partial charge in [0.1, 0.15) is 47.8 Å². The molecule has 2 heterocycles. The Balaban J connectivity index is 1.41. The zero-order valence-electron chi connectivity index (χ0n) is 34.0. The highest BCUT2D eigenvalue weighted by molar-refractivity contribution is 5.97. The van der Waals surface area contributed by atoms with Crippen LogP contribution in [0, 0.1) is 5.92 Å². The molecule has 332 valence electrons. The number of hydrogen-bond acceptors (Lipinski definition) is 12. The number of carbonyl (C=O) groups excluding carboxylic acids is 6. The number of nitrogens with one attached hydrogen (secondary N) is 4. The number of carboxylic acids is 2. The molecule has 2 fully saturated rings. The van der Waals surface area contributed by atoms with Gasteiger partial charge in [-0.25, -0.2) is 4.79 Å². The molecule has 20 heteroatoms. The lowest BCUT2D eigenvalue weighted by atomic mass is 10.0. The molecule has 61 heavy (non-hydrogen) atoms. The van der Waals surface area contributed by atoms with Crippen LogP contribution in [-0.4, -0.2) is 145 Å². The first-order chi connectivity index (χ1) is 28.9. The van der Waals surface area contributed by atoms with Crippen molar-refractivity contribution in [3.63, 3.8) is 0 Å². The summed E-state index contributed by atoms with van der Waals surface area (Å²) in [5.74, 6) is -7.88. The second kappa shape index (κ2) is 21.8. The van der Waals surface area contributed by atoms with E-state index in [1.54, 1.807) is 26.0 Å². The Labute approximate surface area is 351 Å². The van der Waals surface area contributed by atoms with Crippen LogP contribution >= 0.6 is 0 Å². The Morgan fingerprint density at radius 2 is 1.16 bits per heavy atom. The van der Waals surface area contributed by atoms with E-state index >= 15 is 0 Å². The largest absolute Gasteiger partial charge is 0.508 e. The molecular weight excluding hydrogens is 798 g/mol. The van der Waals surface area contributed by atoms with Gasteiger partial charge in [0.25, 0.3) is 0 Å². The number of hydrogen-bond donors (Lipinski definition) is 10. The number of aliphatic hydroxyl groups is 1. The maximum Gasteiger partial charge on any atom is 0.326 e. The predicted molar refractivity (Wildman–Crippen MR) is 215 cm³/mol. The van der Waals surface area contributed by atoms with Crippen molar-refractivity contribution in [1.29, 1.82) is 0 Å². The molecule has 20 nitrogen and oxygen atoms in total. The fourth-order valence-corrected chi connectivity index (χ4v) is 7.37. The molecule has 2 aliphatic heterocycles. The van der Waals surface area contributed by atoms with Crippen LogP contribution < -0.4 is 27.0 Å². The van der Waals surface area contributed by atoms with Crippen LogP contribution in [0.15, 0.2) is 48.5 Å². The Bertz CT molecular complexity index is 1910. The number of phenolic OH excluding ortho intramolecular Hbond substituents is 2. The molecule has 6 amide bonds. The number of likely N-dealkylation sites (tertiary alicyclic amines) is 2. The first kappa shape index (κ1) is 47.4. The lowest BCUT2D eigenvalue weighted by molar-refractivity contribution is -0.145. The van der Waals surface area contributed by atoms with Crippen molar-refractivity contribution in [3.05, 3.63) is 59.7 Å². The molecule has 0 aromatic heterocycles. The highest BCUT2D eigenvalue weighted by Crippen LogP contribution is 2.22. The molecule has 0 spiro atoms. The fourth-order valence-electron chi connectivity index (χ4n) is 7.37. The molecule has 4 rings (SSSR count). The van der Waals surface area contributed by atoms with Gasteiger partial charge in [0.15, 0.2) is 0 Å². The Hall–Kier alpha value is -6.28. The van der Waals surface area contributed by atoms with Gasteiger partial charge < -0.3 is 62.3 Å². The summed E-state index contributed by atoms with van der Waals surface area (Å²) in [6, 6.07) is 2.93. The zero-order valence-corrected chi connectivity index (χ0v) is 34.0. The third kappa shape index (κ3) is 13.1. The van der Waals surface area contributed by atoms with Gasteiger partial charge in [-0.1, -0.05) is 38.1 Å². The van der Waals surface area contributed by atoms with Gasteiger partial charge in [0.2, 0.25) is 35.4 Å².